The third kappa shape index (κ3) is 2.67. The Kier molecular flexibility index (Phi) is 3.93. The minimum absolute atomic E-state index is 0.237. The third-order valence-electron chi connectivity index (χ3n) is 3.06. The Morgan fingerprint density at radius 2 is 1.09 bits per heavy atom. The third-order valence-corrected chi connectivity index (χ3v) is 3.06. The summed E-state index contributed by atoms with van der Waals surface area (Å²) < 4.78 is 92.5. The van der Waals surface area contributed by atoms with Gasteiger partial charge in [-0.3, -0.25) is 0 Å². The second-order valence-electron chi connectivity index (χ2n) is 4.88. The Morgan fingerprint density at radius 3 is 1.45 bits per heavy atom. The maximum atomic E-state index is 13.9. The molecule has 0 aliphatic heterocycles. The number of halogens is 7. The molecule has 0 atom stereocenters. The minimum Gasteiger partial charge on any atom is -0.203 e. The summed E-state index contributed by atoms with van der Waals surface area (Å²) in [7, 11) is 0. The quantitative estimate of drug-likeness (QED) is 0.477. The van der Waals surface area contributed by atoms with Gasteiger partial charge in [-0.1, -0.05) is 29.3 Å². The maximum Gasteiger partial charge on any atom is 0.422 e. The van der Waals surface area contributed by atoms with E-state index < -0.39 is 40.6 Å². The van der Waals surface area contributed by atoms with Crippen molar-refractivity contribution in [3.8, 4) is 11.1 Å². The molecule has 22 heavy (non-hydrogen) atoms. The van der Waals surface area contributed by atoms with Gasteiger partial charge in [0.05, 0.1) is 5.56 Å². The largest absolute Gasteiger partial charge is 0.422 e. The van der Waals surface area contributed by atoms with Crippen molar-refractivity contribution >= 4 is 0 Å². The van der Waals surface area contributed by atoms with Crippen LogP contribution in [-0.2, 0) is 6.18 Å². The van der Waals surface area contributed by atoms with Crippen LogP contribution in [0.25, 0.3) is 11.1 Å². The number of hydrogen-bond acceptors (Lipinski definition) is 0. The topological polar surface area (TPSA) is 0 Å². The van der Waals surface area contributed by atoms with Crippen molar-refractivity contribution in [1.29, 1.82) is 0 Å². The van der Waals surface area contributed by atoms with Crippen molar-refractivity contribution < 1.29 is 30.7 Å². The second kappa shape index (κ2) is 5.30. The summed E-state index contributed by atoms with van der Waals surface area (Å²) in [6.45, 7) is 3.15. The Hall–Kier alpha value is -2.05. The Balaban J connectivity index is 2.85. The Labute approximate surface area is 121 Å². The van der Waals surface area contributed by atoms with Crippen molar-refractivity contribution in [2.24, 2.45) is 0 Å². The van der Waals surface area contributed by atoms with Gasteiger partial charge in [0.25, 0.3) is 0 Å². The van der Waals surface area contributed by atoms with Crippen molar-refractivity contribution in [2.45, 2.75) is 20.0 Å². The van der Waals surface area contributed by atoms with Gasteiger partial charge in [-0.05, 0) is 19.4 Å². The maximum absolute atomic E-state index is 13.9. The van der Waals surface area contributed by atoms with Crippen LogP contribution in [0.4, 0.5) is 30.7 Å². The monoisotopic (exact) mass is 322 g/mol. The van der Waals surface area contributed by atoms with Crippen LogP contribution in [0.3, 0.4) is 0 Å². The second-order valence-corrected chi connectivity index (χ2v) is 4.88. The summed E-state index contributed by atoms with van der Waals surface area (Å²) in [5.41, 5.74) is -2.89. The molecule has 0 fully saturated rings. The lowest BCUT2D eigenvalue weighted by Crippen LogP contribution is -2.16. The Bertz CT molecular complexity index is 695. The zero-order chi connectivity index (χ0) is 16.8. The van der Waals surface area contributed by atoms with Gasteiger partial charge < -0.3 is 0 Å². The highest BCUT2D eigenvalue weighted by atomic mass is 19.4. The highest BCUT2D eigenvalue weighted by molar-refractivity contribution is 5.67. The molecule has 0 amide bonds. The van der Waals surface area contributed by atoms with Gasteiger partial charge in [0.15, 0.2) is 23.3 Å². The van der Waals surface area contributed by atoms with Crippen LogP contribution in [0.5, 0.6) is 0 Å². The standard InChI is InChI=1S/C15H9F7/c1-6-3-7(2)5-8(4-6)9-11(16)13(18)10(15(20,21)22)14(19)12(9)17/h3-5H,1-2H3. The fourth-order valence-corrected chi connectivity index (χ4v) is 2.25. The predicted octanol–water partition coefficient (Wildman–Crippen LogP) is 5.55. The van der Waals surface area contributed by atoms with E-state index in [0.29, 0.717) is 11.1 Å². The molecule has 2 aromatic rings. The normalized spacial score (nSPS) is 11.9. The van der Waals surface area contributed by atoms with Crippen molar-refractivity contribution in [1.82, 2.24) is 0 Å². The van der Waals surface area contributed by atoms with E-state index in [1.165, 1.54) is 12.1 Å². The first-order valence-corrected chi connectivity index (χ1v) is 6.05. The molecule has 0 heterocycles. The molecule has 2 aromatic carbocycles. The summed E-state index contributed by atoms with van der Waals surface area (Å²) in [6.07, 6.45) is -5.54. The van der Waals surface area contributed by atoms with Crippen LogP contribution in [0.2, 0.25) is 0 Å². The highest BCUT2D eigenvalue weighted by Gasteiger charge is 2.42. The smallest absolute Gasteiger partial charge is 0.203 e. The van der Waals surface area contributed by atoms with Crippen LogP contribution in [0.1, 0.15) is 16.7 Å². The lowest BCUT2D eigenvalue weighted by molar-refractivity contribution is -0.143. The fraction of sp³-hybridized carbons (Fsp3) is 0.200. The van der Waals surface area contributed by atoms with Gasteiger partial charge in [0, 0.05) is 0 Å². The predicted molar refractivity (Wildman–Crippen MR) is 66.2 cm³/mol. The van der Waals surface area contributed by atoms with Crippen molar-refractivity contribution in [3.05, 3.63) is 58.2 Å². The van der Waals surface area contributed by atoms with Gasteiger partial charge in [-0.15, -0.1) is 0 Å². The van der Waals surface area contributed by atoms with E-state index >= 15 is 0 Å². The SMILES string of the molecule is Cc1cc(C)cc(-c2c(F)c(F)c(C(F)(F)F)c(F)c2F)c1. The van der Waals surface area contributed by atoms with Gasteiger partial charge in [0.1, 0.15) is 5.56 Å². The van der Waals surface area contributed by atoms with Crippen LogP contribution in [-0.4, -0.2) is 0 Å². The van der Waals surface area contributed by atoms with Crippen molar-refractivity contribution in [2.75, 3.05) is 0 Å². The molecule has 0 radical (unpaired) electrons. The minimum atomic E-state index is -5.54. The molecule has 0 N–H and O–H groups in total. The summed E-state index contributed by atoms with van der Waals surface area (Å²) >= 11 is 0. The van der Waals surface area contributed by atoms with E-state index in [9.17, 15) is 30.7 Å². The molecule has 0 aliphatic carbocycles. The molecule has 2 rings (SSSR count). The van der Waals surface area contributed by atoms with Crippen LogP contribution in [0, 0.1) is 37.1 Å². The van der Waals surface area contributed by atoms with Crippen LogP contribution >= 0.6 is 0 Å². The van der Waals surface area contributed by atoms with Gasteiger partial charge in [0.2, 0.25) is 0 Å². The number of alkyl halides is 3. The molecular weight excluding hydrogens is 313 g/mol. The first-order valence-electron chi connectivity index (χ1n) is 6.05. The molecule has 0 saturated carbocycles. The number of hydrogen-bond donors (Lipinski definition) is 0. The molecule has 0 unspecified atom stereocenters. The molecule has 118 valence electrons. The van der Waals surface area contributed by atoms with E-state index in [0.717, 1.165) is 0 Å². The lowest BCUT2D eigenvalue weighted by atomic mass is 9.97. The average Bonchev–Trinajstić information content (AvgIpc) is 2.34. The van der Waals surface area contributed by atoms with Crippen LogP contribution in [0.15, 0.2) is 18.2 Å². The molecule has 0 aliphatic rings. The molecule has 0 spiro atoms. The van der Waals surface area contributed by atoms with E-state index in [1.807, 2.05) is 0 Å². The summed E-state index contributed by atoms with van der Waals surface area (Å²) in [5.74, 6) is -9.06. The number of rotatable bonds is 1. The van der Waals surface area contributed by atoms with E-state index in [2.05, 4.69) is 0 Å². The molecule has 0 nitrogen and oxygen atoms in total. The zero-order valence-corrected chi connectivity index (χ0v) is 11.4. The first-order chi connectivity index (χ1) is 10.0. The fourth-order valence-electron chi connectivity index (χ4n) is 2.25. The molecule has 7 heteroatoms. The number of aryl methyl sites for hydroxylation is 2. The summed E-state index contributed by atoms with van der Waals surface area (Å²) in [4.78, 5) is 0. The average molecular weight is 322 g/mol. The van der Waals surface area contributed by atoms with Crippen molar-refractivity contribution in [3.63, 3.8) is 0 Å². The lowest BCUT2D eigenvalue weighted by Gasteiger charge is -2.15. The molecule has 0 saturated heterocycles. The van der Waals surface area contributed by atoms with E-state index in [4.69, 9.17) is 0 Å². The molecule has 0 aromatic heterocycles. The van der Waals surface area contributed by atoms with E-state index in [1.54, 1.807) is 19.9 Å². The van der Waals surface area contributed by atoms with Gasteiger partial charge in [-0.25, -0.2) is 17.6 Å². The molecular formula is C15H9F7. The number of benzene rings is 2. The van der Waals surface area contributed by atoms with Crippen LogP contribution < -0.4 is 0 Å². The summed E-state index contributed by atoms with van der Waals surface area (Å²) in [6, 6.07) is 4.08. The van der Waals surface area contributed by atoms with E-state index in [-0.39, 0.29) is 5.56 Å². The Morgan fingerprint density at radius 1 is 0.682 bits per heavy atom. The highest BCUT2D eigenvalue weighted by Crippen LogP contribution is 2.40. The van der Waals surface area contributed by atoms with Gasteiger partial charge >= 0.3 is 6.18 Å². The summed E-state index contributed by atoms with van der Waals surface area (Å²) in [5, 5.41) is 0. The van der Waals surface area contributed by atoms with Gasteiger partial charge in [-0.2, -0.15) is 13.2 Å². The zero-order valence-electron chi connectivity index (χ0n) is 11.4. The first kappa shape index (κ1) is 16.3. The molecule has 0 bridgehead atoms.